The number of hydrogen-bond acceptors (Lipinski definition) is 6. The van der Waals surface area contributed by atoms with Gasteiger partial charge in [-0.3, -0.25) is 14.8 Å². The molecule has 1 saturated carbocycles. The molecule has 1 amide bonds. The molecule has 1 aliphatic heterocycles. The van der Waals surface area contributed by atoms with E-state index in [9.17, 15) is 17.6 Å². The summed E-state index contributed by atoms with van der Waals surface area (Å²) in [6, 6.07) is 13.6. The van der Waals surface area contributed by atoms with Crippen molar-refractivity contribution in [3.63, 3.8) is 0 Å². The molecule has 1 heterocycles. The Morgan fingerprint density at radius 2 is 1.82 bits per heavy atom. The van der Waals surface area contributed by atoms with Crippen LogP contribution in [0.5, 0.6) is 0 Å². The van der Waals surface area contributed by atoms with Crippen LogP contribution in [0, 0.1) is 11.7 Å². The molecule has 0 saturated heterocycles. The molecule has 1 atom stereocenters. The standard InChI is InChI=1S/C25H29FN4O3S/c1-34(32,33)19-10-7-17(8-11-19)22-15-28-24(27)23(30-22)18-9-12-20(21(26)13-18)25(31)29-14-16-5-3-2-4-6-16/h2-6,9,12-13,17,19,22H,7-8,10-11,14-15H2,1H3,(H2,27,28)(H,29,31)/t17-,19-,22?. The van der Waals surface area contributed by atoms with E-state index in [-0.39, 0.29) is 28.6 Å². The van der Waals surface area contributed by atoms with Crippen LogP contribution in [0.15, 0.2) is 58.5 Å². The minimum absolute atomic E-state index is 0.0535. The van der Waals surface area contributed by atoms with Crippen LogP contribution in [0.1, 0.15) is 47.2 Å². The molecule has 2 aliphatic rings. The van der Waals surface area contributed by atoms with E-state index in [0.717, 1.165) is 18.4 Å². The molecule has 0 radical (unpaired) electrons. The Morgan fingerprint density at radius 1 is 1.12 bits per heavy atom. The van der Waals surface area contributed by atoms with Gasteiger partial charge in [0, 0.05) is 18.4 Å². The minimum Gasteiger partial charge on any atom is -0.382 e. The number of amidine groups is 1. The normalized spacial score (nSPS) is 23.1. The molecule has 180 valence electrons. The second-order valence-corrected chi connectivity index (χ2v) is 11.3. The predicted molar refractivity (Wildman–Crippen MR) is 131 cm³/mol. The quantitative estimate of drug-likeness (QED) is 0.656. The van der Waals surface area contributed by atoms with Crippen molar-refractivity contribution < 1.29 is 17.6 Å². The van der Waals surface area contributed by atoms with E-state index < -0.39 is 21.6 Å². The van der Waals surface area contributed by atoms with E-state index in [4.69, 9.17) is 10.7 Å². The van der Waals surface area contributed by atoms with Gasteiger partial charge in [-0.1, -0.05) is 36.4 Å². The highest BCUT2D eigenvalue weighted by molar-refractivity contribution is 7.91. The van der Waals surface area contributed by atoms with Gasteiger partial charge >= 0.3 is 0 Å². The Labute approximate surface area is 199 Å². The van der Waals surface area contributed by atoms with Gasteiger partial charge in [-0.25, -0.2) is 12.8 Å². The summed E-state index contributed by atoms with van der Waals surface area (Å²) in [5, 5.41) is 2.44. The zero-order chi connectivity index (χ0) is 24.3. The van der Waals surface area contributed by atoms with Crippen molar-refractivity contribution in [3.8, 4) is 0 Å². The fraction of sp³-hybridized carbons (Fsp3) is 0.400. The van der Waals surface area contributed by atoms with Gasteiger partial charge in [0.25, 0.3) is 5.91 Å². The monoisotopic (exact) mass is 484 g/mol. The molecule has 2 aromatic rings. The SMILES string of the molecule is CS(=O)(=O)[C@H]1CC[C@H](C2CN=C(N)C(c3ccc(C(=O)NCc4ccccc4)c(F)c3)=N2)CC1. The summed E-state index contributed by atoms with van der Waals surface area (Å²) in [6.07, 6.45) is 4.03. The van der Waals surface area contributed by atoms with Crippen molar-refractivity contribution in [1.82, 2.24) is 5.32 Å². The first kappa shape index (κ1) is 24.1. The number of carbonyl (C=O) groups excluding carboxylic acids is 1. The molecule has 2 aromatic carbocycles. The molecule has 34 heavy (non-hydrogen) atoms. The molecular weight excluding hydrogens is 455 g/mol. The zero-order valence-electron chi connectivity index (χ0n) is 19.1. The molecule has 9 heteroatoms. The summed E-state index contributed by atoms with van der Waals surface area (Å²) in [5.41, 5.74) is 7.83. The van der Waals surface area contributed by atoms with Crippen molar-refractivity contribution in [2.45, 2.75) is 43.5 Å². The number of nitrogens with zero attached hydrogens (tertiary/aromatic N) is 2. The summed E-state index contributed by atoms with van der Waals surface area (Å²) in [4.78, 5) is 21.7. The van der Waals surface area contributed by atoms with Crippen molar-refractivity contribution in [3.05, 3.63) is 71.0 Å². The molecule has 0 aromatic heterocycles. The van der Waals surface area contributed by atoms with Gasteiger partial charge in [-0.2, -0.15) is 0 Å². The Morgan fingerprint density at radius 3 is 2.47 bits per heavy atom. The maximum absolute atomic E-state index is 14.9. The molecule has 4 rings (SSSR count). The fourth-order valence-corrected chi connectivity index (χ4v) is 5.77. The number of hydrogen-bond donors (Lipinski definition) is 2. The lowest BCUT2D eigenvalue weighted by Crippen LogP contribution is -2.38. The van der Waals surface area contributed by atoms with Crippen LogP contribution in [-0.2, 0) is 16.4 Å². The molecule has 3 N–H and O–H groups in total. The lowest BCUT2D eigenvalue weighted by molar-refractivity contribution is 0.0947. The number of rotatable bonds is 6. The molecule has 1 fully saturated rings. The number of nitrogens with two attached hydrogens (primary N) is 1. The minimum atomic E-state index is -3.04. The summed E-state index contributed by atoms with van der Waals surface area (Å²) in [6.45, 7) is 0.739. The summed E-state index contributed by atoms with van der Waals surface area (Å²) in [7, 11) is -3.04. The number of amides is 1. The van der Waals surface area contributed by atoms with Gasteiger partial charge in [0.05, 0.1) is 23.4 Å². The second kappa shape index (κ2) is 10.0. The van der Waals surface area contributed by atoms with Crippen LogP contribution in [0.2, 0.25) is 0 Å². The highest BCUT2D eigenvalue weighted by Gasteiger charge is 2.33. The van der Waals surface area contributed by atoms with Crippen LogP contribution in [0.3, 0.4) is 0 Å². The average Bonchev–Trinajstić information content (AvgIpc) is 2.83. The van der Waals surface area contributed by atoms with Crippen LogP contribution >= 0.6 is 0 Å². The Hall–Kier alpha value is -3.07. The van der Waals surface area contributed by atoms with Crippen molar-refractivity contribution in [2.75, 3.05) is 12.8 Å². The van der Waals surface area contributed by atoms with Crippen molar-refractivity contribution >= 4 is 27.3 Å². The van der Waals surface area contributed by atoms with Crippen molar-refractivity contribution in [1.29, 1.82) is 0 Å². The van der Waals surface area contributed by atoms with E-state index in [1.54, 1.807) is 6.07 Å². The van der Waals surface area contributed by atoms with E-state index in [1.807, 2.05) is 30.3 Å². The molecule has 1 aliphatic carbocycles. The third kappa shape index (κ3) is 5.52. The molecule has 0 bridgehead atoms. The van der Waals surface area contributed by atoms with E-state index in [2.05, 4.69) is 10.3 Å². The zero-order valence-corrected chi connectivity index (χ0v) is 19.9. The van der Waals surface area contributed by atoms with Crippen LogP contribution in [-0.4, -0.2) is 50.0 Å². The van der Waals surface area contributed by atoms with Crippen LogP contribution < -0.4 is 11.1 Å². The number of sulfone groups is 1. The van der Waals surface area contributed by atoms with E-state index >= 15 is 0 Å². The Kier molecular flexibility index (Phi) is 7.11. The molecular formula is C25H29FN4O3S. The largest absolute Gasteiger partial charge is 0.382 e. The number of nitrogens with one attached hydrogen (secondary N) is 1. The highest BCUT2D eigenvalue weighted by atomic mass is 32.2. The second-order valence-electron chi connectivity index (χ2n) is 9.00. The molecule has 1 unspecified atom stereocenters. The summed E-state index contributed by atoms with van der Waals surface area (Å²) in [5.74, 6) is -0.713. The maximum atomic E-state index is 14.9. The van der Waals surface area contributed by atoms with Crippen LogP contribution in [0.25, 0.3) is 0 Å². The Bertz CT molecular complexity index is 1220. The third-order valence-electron chi connectivity index (χ3n) is 6.64. The number of aliphatic imine (C=N–C) groups is 2. The van der Waals surface area contributed by atoms with Gasteiger partial charge in [0.1, 0.15) is 27.2 Å². The lowest BCUT2D eigenvalue weighted by Gasteiger charge is -2.32. The van der Waals surface area contributed by atoms with Crippen molar-refractivity contribution in [2.24, 2.45) is 21.6 Å². The van der Waals surface area contributed by atoms with Crippen LogP contribution in [0.4, 0.5) is 4.39 Å². The Balaban J connectivity index is 1.46. The van der Waals surface area contributed by atoms with Gasteiger partial charge in [0.15, 0.2) is 0 Å². The number of benzene rings is 2. The number of halogens is 1. The highest BCUT2D eigenvalue weighted by Crippen LogP contribution is 2.32. The third-order valence-corrected chi connectivity index (χ3v) is 8.32. The summed E-state index contributed by atoms with van der Waals surface area (Å²) >= 11 is 0. The first-order chi connectivity index (χ1) is 16.2. The first-order valence-corrected chi connectivity index (χ1v) is 13.4. The van der Waals surface area contributed by atoms with E-state index in [1.165, 1.54) is 18.4 Å². The smallest absolute Gasteiger partial charge is 0.254 e. The van der Waals surface area contributed by atoms with Gasteiger partial charge < -0.3 is 11.1 Å². The average molecular weight is 485 g/mol. The first-order valence-electron chi connectivity index (χ1n) is 11.4. The molecule has 0 spiro atoms. The van der Waals surface area contributed by atoms with Gasteiger partial charge in [0.2, 0.25) is 0 Å². The maximum Gasteiger partial charge on any atom is 0.254 e. The summed E-state index contributed by atoms with van der Waals surface area (Å²) < 4.78 is 38.5. The molecule has 7 nitrogen and oxygen atoms in total. The lowest BCUT2D eigenvalue weighted by atomic mass is 9.83. The van der Waals surface area contributed by atoms with Gasteiger partial charge in [-0.15, -0.1) is 0 Å². The topological polar surface area (TPSA) is 114 Å². The number of carbonyl (C=O) groups is 1. The predicted octanol–water partition coefficient (Wildman–Crippen LogP) is 2.89. The van der Waals surface area contributed by atoms with Gasteiger partial charge in [-0.05, 0) is 49.3 Å². The fourth-order valence-electron chi connectivity index (χ4n) is 4.64. The van der Waals surface area contributed by atoms with E-state index in [0.29, 0.717) is 37.2 Å².